The molecule has 0 radical (unpaired) electrons. The number of carbonyl (C=O) groups excluding carboxylic acids is 1. The van der Waals surface area contributed by atoms with Gasteiger partial charge >= 0.3 is 0 Å². The van der Waals surface area contributed by atoms with Gasteiger partial charge in [-0.1, -0.05) is 25.7 Å². The number of ether oxygens (including phenoxy) is 1. The van der Waals surface area contributed by atoms with Crippen LogP contribution in [0.15, 0.2) is 0 Å². The number of likely N-dealkylation sites (N-methyl/N-ethyl adjacent to an activating group) is 1. The van der Waals surface area contributed by atoms with Crippen LogP contribution in [0.1, 0.15) is 44.9 Å². The lowest BCUT2D eigenvalue weighted by Crippen LogP contribution is -2.57. The van der Waals surface area contributed by atoms with Gasteiger partial charge in [0.25, 0.3) is 0 Å². The Kier molecular flexibility index (Phi) is 4.05. The molecule has 2 aliphatic rings. The van der Waals surface area contributed by atoms with Crippen LogP contribution in [-0.2, 0) is 9.53 Å². The number of hydrogen-bond donors (Lipinski definition) is 1. The Morgan fingerprint density at radius 3 is 2.47 bits per heavy atom. The molecule has 0 aromatic carbocycles. The molecular formula is C13H24N2O2. The second-order valence-electron chi connectivity index (χ2n) is 5.52. The SMILES string of the molecule is CN(C(=O)C1(N)CCOC1)C1CCCCCC1. The third kappa shape index (κ3) is 2.80. The molecule has 0 aromatic heterocycles. The van der Waals surface area contributed by atoms with Crippen LogP contribution >= 0.6 is 0 Å². The topological polar surface area (TPSA) is 55.6 Å². The van der Waals surface area contributed by atoms with Gasteiger partial charge in [0.1, 0.15) is 5.54 Å². The van der Waals surface area contributed by atoms with E-state index in [2.05, 4.69) is 0 Å². The van der Waals surface area contributed by atoms with E-state index in [9.17, 15) is 4.79 Å². The average Bonchev–Trinajstić information content (AvgIpc) is 2.62. The molecule has 1 aliphatic carbocycles. The van der Waals surface area contributed by atoms with Gasteiger partial charge in [-0.25, -0.2) is 0 Å². The first-order valence-electron chi connectivity index (χ1n) is 6.77. The Morgan fingerprint density at radius 1 is 1.29 bits per heavy atom. The van der Waals surface area contributed by atoms with Gasteiger partial charge in [0, 0.05) is 19.7 Å². The molecule has 1 amide bonds. The van der Waals surface area contributed by atoms with Crippen molar-refractivity contribution in [2.75, 3.05) is 20.3 Å². The van der Waals surface area contributed by atoms with E-state index in [-0.39, 0.29) is 5.91 Å². The Labute approximate surface area is 103 Å². The predicted molar refractivity (Wildman–Crippen MR) is 66.6 cm³/mol. The normalized spacial score (nSPS) is 31.2. The number of hydrogen-bond acceptors (Lipinski definition) is 3. The zero-order valence-electron chi connectivity index (χ0n) is 10.8. The fourth-order valence-electron chi connectivity index (χ4n) is 2.91. The van der Waals surface area contributed by atoms with Crippen molar-refractivity contribution in [3.63, 3.8) is 0 Å². The van der Waals surface area contributed by atoms with E-state index in [1.807, 2.05) is 11.9 Å². The summed E-state index contributed by atoms with van der Waals surface area (Å²) >= 11 is 0. The molecular weight excluding hydrogens is 216 g/mol. The fourth-order valence-corrected chi connectivity index (χ4v) is 2.91. The van der Waals surface area contributed by atoms with Gasteiger partial charge < -0.3 is 15.4 Å². The number of rotatable bonds is 2. The molecule has 1 unspecified atom stereocenters. The quantitative estimate of drug-likeness (QED) is 0.740. The molecule has 1 saturated carbocycles. The summed E-state index contributed by atoms with van der Waals surface area (Å²) in [5.41, 5.74) is 5.37. The van der Waals surface area contributed by atoms with E-state index in [0.29, 0.717) is 25.7 Å². The zero-order chi connectivity index (χ0) is 12.3. The zero-order valence-corrected chi connectivity index (χ0v) is 10.8. The van der Waals surface area contributed by atoms with Crippen molar-refractivity contribution in [1.82, 2.24) is 4.90 Å². The summed E-state index contributed by atoms with van der Waals surface area (Å²) in [4.78, 5) is 14.3. The molecule has 1 atom stereocenters. The lowest BCUT2D eigenvalue weighted by molar-refractivity contribution is -0.138. The van der Waals surface area contributed by atoms with Crippen molar-refractivity contribution in [3.8, 4) is 0 Å². The fraction of sp³-hybridized carbons (Fsp3) is 0.923. The molecule has 2 rings (SSSR count). The highest BCUT2D eigenvalue weighted by Gasteiger charge is 2.41. The molecule has 1 saturated heterocycles. The monoisotopic (exact) mass is 240 g/mol. The van der Waals surface area contributed by atoms with Crippen molar-refractivity contribution in [3.05, 3.63) is 0 Å². The highest BCUT2D eigenvalue weighted by molar-refractivity contribution is 5.86. The van der Waals surface area contributed by atoms with Gasteiger partial charge in [0.05, 0.1) is 6.61 Å². The summed E-state index contributed by atoms with van der Waals surface area (Å²) in [5.74, 6) is 0.0712. The van der Waals surface area contributed by atoms with E-state index in [1.165, 1.54) is 25.7 Å². The second kappa shape index (κ2) is 5.36. The van der Waals surface area contributed by atoms with E-state index < -0.39 is 5.54 Å². The van der Waals surface area contributed by atoms with Gasteiger partial charge in [-0.05, 0) is 19.3 Å². The van der Waals surface area contributed by atoms with Crippen molar-refractivity contribution < 1.29 is 9.53 Å². The van der Waals surface area contributed by atoms with Crippen LogP contribution in [0.5, 0.6) is 0 Å². The van der Waals surface area contributed by atoms with Crippen molar-refractivity contribution >= 4 is 5.91 Å². The largest absolute Gasteiger partial charge is 0.379 e. The third-order valence-corrected chi connectivity index (χ3v) is 4.17. The molecule has 0 spiro atoms. The molecule has 0 aromatic rings. The minimum absolute atomic E-state index is 0.0712. The van der Waals surface area contributed by atoms with Crippen LogP contribution in [0.4, 0.5) is 0 Å². The summed E-state index contributed by atoms with van der Waals surface area (Å²) in [7, 11) is 1.91. The molecule has 4 nitrogen and oxygen atoms in total. The molecule has 17 heavy (non-hydrogen) atoms. The maximum absolute atomic E-state index is 12.4. The summed E-state index contributed by atoms with van der Waals surface area (Å²) < 4.78 is 5.27. The predicted octanol–water partition coefficient (Wildman–Crippen LogP) is 1.29. The van der Waals surface area contributed by atoms with Crippen LogP contribution in [0.3, 0.4) is 0 Å². The van der Waals surface area contributed by atoms with E-state index in [1.54, 1.807) is 0 Å². The van der Waals surface area contributed by atoms with Crippen molar-refractivity contribution in [2.24, 2.45) is 5.73 Å². The smallest absolute Gasteiger partial charge is 0.245 e. The minimum atomic E-state index is -0.763. The first kappa shape index (κ1) is 12.8. The average molecular weight is 240 g/mol. The highest BCUT2D eigenvalue weighted by Crippen LogP contribution is 2.25. The van der Waals surface area contributed by atoms with Crippen molar-refractivity contribution in [2.45, 2.75) is 56.5 Å². The Bertz CT molecular complexity index is 267. The lowest BCUT2D eigenvalue weighted by Gasteiger charge is -2.33. The Balaban J connectivity index is 1.97. The summed E-state index contributed by atoms with van der Waals surface area (Å²) in [6.07, 6.45) is 7.97. The number of nitrogens with two attached hydrogens (primary N) is 1. The second-order valence-corrected chi connectivity index (χ2v) is 5.52. The van der Waals surface area contributed by atoms with Gasteiger partial charge in [0.15, 0.2) is 0 Å². The summed E-state index contributed by atoms with van der Waals surface area (Å²) in [6, 6.07) is 0.381. The molecule has 1 aliphatic heterocycles. The van der Waals surface area contributed by atoms with Gasteiger partial charge in [-0.15, -0.1) is 0 Å². The number of amides is 1. The summed E-state index contributed by atoms with van der Waals surface area (Å²) in [6.45, 7) is 0.990. The van der Waals surface area contributed by atoms with Crippen LogP contribution in [0.25, 0.3) is 0 Å². The van der Waals surface area contributed by atoms with Crippen LogP contribution in [0.2, 0.25) is 0 Å². The minimum Gasteiger partial charge on any atom is -0.379 e. The van der Waals surface area contributed by atoms with Crippen LogP contribution in [0, 0.1) is 0 Å². The first-order chi connectivity index (χ1) is 8.13. The Hall–Kier alpha value is -0.610. The third-order valence-electron chi connectivity index (χ3n) is 4.17. The maximum atomic E-state index is 12.4. The lowest BCUT2D eigenvalue weighted by atomic mass is 9.96. The van der Waals surface area contributed by atoms with E-state index in [0.717, 1.165) is 12.8 Å². The van der Waals surface area contributed by atoms with E-state index in [4.69, 9.17) is 10.5 Å². The van der Waals surface area contributed by atoms with E-state index >= 15 is 0 Å². The van der Waals surface area contributed by atoms with Gasteiger partial charge in [-0.2, -0.15) is 0 Å². The highest BCUT2D eigenvalue weighted by atomic mass is 16.5. The van der Waals surface area contributed by atoms with Gasteiger partial charge in [0.2, 0.25) is 5.91 Å². The molecule has 2 fully saturated rings. The number of carbonyl (C=O) groups is 1. The number of nitrogens with zero attached hydrogens (tertiary/aromatic N) is 1. The molecule has 4 heteroatoms. The standard InChI is InChI=1S/C13H24N2O2/c1-15(11-6-4-2-3-5-7-11)12(16)13(14)8-9-17-10-13/h11H,2-10,14H2,1H3. The summed E-state index contributed by atoms with van der Waals surface area (Å²) in [5, 5.41) is 0. The van der Waals surface area contributed by atoms with Crippen LogP contribution < -0.4 is 5.73 Å². The van der Waals surface area contributed by atoms with Crippen LogP contribution in [-0.4, -0.2) is 42.6 Å². The first-order valence-corrected chi connectivity index (χ1v) is 6.77. The van der Waals surface area contributed by atoms with Gasteiger partial charge in [-0.3, -0.25) is 4.79 Å². The van der Waals surface area contributed by atoms with Crippen molar-refractivity contribution in [1.29, 1.82) is 0 Å². The molecule has 0 bridgehead atoms. The molecule has 2 N–H and O–H groups in total. The maximum Gasteiger partial charge on any atom is 0.245 e. The molecule has 98 valence electrons. The molecule has 1 heterocycles. The Morgan fingerprint density at radius 2 is 1.94 bits per heavy atom.